The second-order valence-electron chi connectivity index (χ2n) is 4.71. The maximum atomic E-state index is 12.3. The van der Waals surface area contributed by atoms with E-state index in [4.69, 9.17) is 16.3 Å². The van der Waals surface area contributed by atoms with Gasteiger partial charge in [-0.05, 0) is 24.6 Å². The minimum atomic E-state index is -0.322. The van der Waals surface area contributed by atoms with E-state index in [1.54, 1.807) is 18.2 Å². The van der Waals surface area contributed by atoms with E-state index in [1.165, 1.54) is 11.3 Å². The van der Waals surface area contributed by atoms with Crippen molar-refractivity contribution in [2.45, 2.75) is 25.8 Å². The van der Waals surface area contributed by atoms with Crippen molar-refractivity contribution < 1.29 is 9.53 Å². The van der Waals surface area contributed by atoms with Gasteiger partial charge in [-0.15, -0.1) is 10.2 Å². The minimum Gasteiger partial charge on any atom is -0.492 e. The van der Waals surface area contributed by atoms with Crippen LogP contribution in [0.15, 0.2) is 18.2 Å². The maximum Gasteiger partial charge on any atom is 0.231 e. The number of aromatic nitrogens is 2. The number of hydrogen-bond acceptors (Lipinski definition) is 5. The smallest absolute Gasteiger partial charge is 0.231 e. The Bertz CT molecular complexity index is 674. The molecule has 0 radical (unpaired) electrons. The van der Waals surface area contributed by atoms with Crippen LogP contribution in [0.1, 0.15) is 28.4 Å². The van der Waals surface area contributed by atoms with Gasteiger partial charge in [0.25, 0.3) is 0 Å². The van der Waals surface area contributed by atoms with Gasteiger partial charge in [-0.1, -0.05) is 29.9 Å². The normalized spacial score (nSPS) is 16.4. The second-order valence-corrected chi connectivity index (χ2v) is 6.29. The number of fused-ring (bicyclic) bond motifs is 1. The molecule has 110 valence electrons. The van der Waals surface area contributed by atoms with E-state index in [2.05, 4.69) is 15.5 Å². The summed E-state index contributed by atoms with van der Waals surface area (Å²) in [6.07, 6.45) is 0.855. The van der Waals surface area contributed by atoms with Crippen molar-refractivity contribution in [3.63, 3.8) is 0 Å². The summed E-state index contributed by atoms with van der Waals surface area (Å²) in [5.41, 5.74) is 0.839. The van der Waals surface area contributed by atoms with E-state index in [-0.39, 0.29) is 11.8 Å². The Morgan fingerprint density at radius 1 is 1.48 bits per heavy atom. The number of rotatable bonds is 4. The van der Waals surface area contributed by atoms with E-state index in [9.17, 15) is 4.79 Å². The van der Waals surface area contributed by atoms with Crippen LogP contribution in [0.3, 0.4) is 0 Å². The Hall–Kier alpha value is -1.66. The van der Waals surface area contributed by atoms with Gasteiger partial charge >= 0.3 is 0 Å². The van der Waals surface area contributed by atoms with E-state index in [0.29, 0.717) is 18.2 Å². The number of hydrogen-bond donors (Lipinski definition) is 1. The van der Waals surface area contributed by atoms with Crippen molar-refractivity contribution in [3.05, 3.63) is 38.8 Å². The summed E-state index contributed by atoms with van der Waals surface area (Å²) in [6, 6.07) is 5.34. The van der Waals surface area contributed by atoms with Gasteiger partial charge in [-0.3, -0.25) is 4.79 Å². The van der Waals surface area contributed by atoms with E-state index in [0.717, 1.165) is 27.7 Å². The first-order chi connectivity index (χ1) is 10.2. The molecule has 0 bridgehead atoms. The molecule has 1 aromatic heterocycles. The number of nitrogens with one attached hydrogen (secondary N) is 1. The maximum absolute atomic E-state index is 12.3. The Morgan fingerprint density at radius 2 is 2.29 bits per heavy atom. The molecule has 2 heterocycles. The van der Waals surface area contributed by atoms with Gasteiger partial charge in [0.15, 0.2) is 0 Å². The highest BCUT2D eigenvalue weighted by atomic mass is 35.5. The van der Waals surface area contributed by atoms with Crippen molar-refractivity contribution in [2.24, 2.45) is 0 Å². The van der Waals surface area contributed by atoms with Crippen molar-refractivity contribution in [3.8, 4) is 5.75 Å². The van der Waals surface area contributed by atoms with Gasteiger partial charge in [0.05, 0.1) is 6.54 Å². The highest BCUT2D eigenvalue weighted by molar-refractivity contribution is 7.11. The van der Waals surface area contributed by atoms with Crippen LogP contribution >= 0.6 is 22.9 Å². The summed E-state index contributed by atoms with van der Waals surface area (Å²) in [4.78, 5) is 12.3. The second kappa shape index (κ2) is 5.99. The van der Waals surface area contributed by atoms with Gasteiger partial charge in [0.2, 0.25) is 5.91 Å². The van der Waals surface area contributed by atoms with Gasteiger partial charge in [0, 0.05) is 10.6 Å². The number of carbonyl (C=O) groups excluding carboxylic acids is 1. The summed E-state index contributed by atoms with van der Waals surface area (Å²) < 4.78 is 5.52. The average molecular weight is 324 g/mol. The molecule has 7 heteroatoms. The first-order valence-electron chi connectivity index (χ1n) is 6.68. The van der Waals surface area contributed by atoms with Gasteiger partial charge < -0.3 is 10.1 Å². The number of nitrogens with zero attached hydrogens (tertiary/aromatic N) is 2. The number of aryl methyl sites for hydroxylation is 1. The molecule has 0 saturated heterocycles. The zero-order chi connectivity index (χ0) is 14.8. The number of amides is 1. The first kappa shape index (κ1) is 14.3. The highest BCUT2D eigenvalue weighted by Gasteiger charge is 2.30. The third kappa shape index (κ3) is 3.01. The Morgan fingerprint density at radius 3 is 3.05 bits per heavy atom. The van der Waals surface area contributed by atoms with Crippen LogP contribution in [0.2, 0.25) is 5.02 Å². The average Bonchev–Trinajstić information content (AvgIpc) is 3.10. The summed E-state index contributed by atoms with van der Waals surface area (Å²) in [7, 11) is 0. The molecule has 1 atom stereocenters. The number of ether oxygens (including phenoxy) is 1. The number of halogens is 1. The summed E-state index contributed by atoms with van der Waals surface area (Å²) in [6.45, 7) is 2.76. The van der Waals surface area contributed by atoms with Crippen LogP contribution in [-0.4, -0.2) is 22.7 Å². The molecule has 0 saturated carbocycles. The first-order valence-corrected chi connectivity index (χ1v) is 7.88. The third-order valence-electron chi connectivity index (χ3n) is 3.29. The van der Waals surface area contributed by atoms with Crippen LogP contribution < -0.4 is 10.1 Å². The van der Waals surface area contributed by atoms with Crippen LogP contribution in [0.5, 0.6) is 5.75 Å². The fourth-order valence-electron chi connectivity index (χ4n) is 2.19. The standard InChI is InChI=1S/C14H14ClN3O2S/c1-2-12-17-18-13(21-12)6-16-14(19)10-7-20-11-4-3-8(15)5-9(10)11/h3-5,10H,2,6-7H2,1H3,(H,16,19). The molecule has 0 spiro atoms. The summed E-state index contributed by atoms with van der Waals surface area (Å²) in [5, 5.41) is 13.4. The molecule has 1 aliphatic heterocycles. The molecule has 1 aliphatic rings. The molecular formula is C14H14ClN3O2S. The van der Waals surface area contributed by atoms with Gasteiger partial charge in [0.1, 0.15) is 28.3 Å². The molecule has 1 N–H and O–H groups in total. The van der Waals surface area contributed by atoms with Crippen LogP contribution in [0, 0.1) is 0 Å². The third-order valence-corrected chi connectivity index (χ3v) is 4.60. The molecule has 0 fully saturated rings. The quantitative estimate of drug-likeness (QED) is 0.939. The van der Waals surface area contributed by atoms with E-state index < -0.39 is 0 Å². The lowest BCUT2D eigenvalue weighted by Gasteiger charge is -2.09. The Labute approximate surface area is 131 Å². The van der Waals surface area contributed by atoms with Crippen LogP contribution in [-0.2, 0) is 17.8 Å². The molecular weight excluding hydrogens is 310 g/mol. The van der Waals surface area contributed by atoms with Gasteiger partial charge in [-0.2, -0.15) is 0 Å². The van der Waals surface area contributed by atoms with E-state index in [1.807, 2.05) is 6.92 Å². The largest absolute Gasteiger partial charge is 0.492 e. The fraction of sp³-hybridized carbons (Fsp3) is 0.357. The lowest BCUT2D eigenvalue weighted by Crippen LogP contribution is -2.29. The molecule has 1 amide bonds. The predicted octanol–water partition coefficient (Wildman–Crippen LogP) is 2.55. The fourth-order valence-corrected chi connectivity index (χ4v) is 3.10. The molecule has 0 aliphatic carbocycles. The molecule has 1 aromatic carbocycles. The number of carbonyl (C=O) groups is 1. The van der Waals surface area contributed by atoms with Crippen LogP contribution in [0.4, 0.5) is 0 Å². The molecule has 2 aromatic rings. The minimum absolute atomic E-state index is 0.0794. The zero-order valence-corrected chi connectivity index (χ0v) is 13.0. The SMILES string of the molecule is CCc1nnc(CNC(=O)C2COc3ccc(Cl)cc32)s1. The highest BCUT2D eigenvalue weighted by Crippen LogP contribution is 2.35. The molecule has 21 heavy (non-hydrogen) atoms. The van der Waals surface area contributed by atoms with E-state index >= 15 is 0 Å². The molecule has 5 nitrogen and oxygen atoms in total. The zero-order valence-electron chi connectivity index (χ0n) is 11.4. The van der Waals surface area contributed by atoms with Gasteiger partial charge in [-0.25, -0.2) is 0 Å². The Kier molecular flexibility index (Phi) is 4.07. The topological polar surface area (TPSA) is 64.1 Å². The van der Waals surface area contributed by atoms with Crippen molar-refractivity contribution in [1.82, 2.24) is 15.5 Å². The predicted molar refractivity (Wildman–Crippen MR) is 80.8 cm³/mol. The summed E-state index contributed by atoms with van der Waals surface area (Å²) in [5.74, 6) is 0.324. The van der Waals surface area contributed by atoms with Crippen molar-refractivity contribution in [2.75, 3.05) is 6.61 Å². The van der Waals surface area contributed by atoms with Crippen LogP contribution in [0.25, 0.3) is 0 Å². The number of benzene rings is 1. The molecule has 1 unspecified atom stereocenters. The molecule has 3 rings (SSSR count). The lowest BCUT2D eigenvalue weighted by atomic mass is 10.0. The Balaban J connectivity index is 1.66. The summed E-state index contributed by atoms with van der Waals surface area (Å²) >= 11 is 7.50. The van der Waals surface area contributed by atoms with Crippen molar-refractivity contribution in [1.29, 1.82) is 0 Å². The van der Waals surface area contributed by atoms with Crippen molar-refractivity contribution >= 4 is 28.8 Å². The lowest BCUT2D eigenvalue weighted by molar-refractivity contribution is -0.122. The monoisotopic (exact) mass is 323 g/mol.